The van der Waals surface area contributed by atoms with Crippen molar-refractivity contribution in [1.29, 1.82) is 0 Å². The lowest BCUT2D eigenvalue weighted by molar-refractivity contribution is -0.151. The quantitative estimate of drug-likeness (QED) is 0.760. The molecule has 3 aliphatic rings. The molecule has 8 nitrogen and oxygen atoms in total. The van der Waals surface area contributed by atoms with Gasteiger partial charge in [-0.3, -0.25) is 4.79 Å². The number of carboxylic acids is 1. The number of hydrogen-bond donors (Lipinski definition) is 1. The average Bonchev–Trinajstić information content (AvgIpc) is 2.53. The first kappa shape index (κ1) is 16.7. The van der Waals surface area contributed by atoms with Crippen molar-refractivity contribution in [2.75, 3.05) is 18.8 Å². The van der Waals surface area contributed by atoms with E-state index in [0.29, 0.717) is 18.5 Å². The summed E-state index contributed by atoms with van der Waals surface area (Å²) in [5.41, 5.74) is 0.342. The summed E-state index contributed by atoms with van der Waals surface area (Å²) in [7, 11) is -3.44. The number of likely N-dealkylation sites (tertiary alicyclic amines) is 1. The van der Waals surface area contributed by atoms with Gasteiger partial charge in [0.2, 0.25) is 0 Å². The fourth-order valence-corrected chi connectivity index (χ4v) is 4.08. The molecule has 0 aromatic carbocycles. The van der Waals surface area contributed by atoms with E-state index in [9.17, 15) is 23.1 Å². The van der Waals surface area contributed by atoms with Gasteiger partial charge in [0.15, 0.2) is 0 Å². The Morgan fingerprint density at radius 3 is 2.75 bits per heavy atom. The Hall–Kier alpha value is -2.16. The van der Waals surface area contributed by atoms with Crippen molar-refractivity contribution in [1.82, 2.24) is 9.80 Å². The molecule has 24 heavy (non-hydrogen) atoms. The van der Waals surface area contributed by atoms with Crippen molar-refractivity contribution < 1.29 is 23.1 Å². The van der Waals surface area contributed by atoms with E-state index < -0.39 is 22.0 Å². The van der Waals surface area contributed by atoms with Gasteiger partial charge in [0.05, 0.1) is 11.3 Å². The van der Waals surface area contributed by atoms with Crippen molar-refractivity contribution >= 4 is 27.7 Å². The van der Waals surface area contributed by atoms with Crippen LogP contribution in [0.2, 0.25) is 0 Å². The van der Waals surface area contributed by atoms with E-state index in [2.05, 4.69) is 4.40 Å². The summed E-state index contributed by atoms with van der Waals surface area (Å²) in [5.74, 6) is -0.919. The van der Waals surface area contributed by atoms with Crippen LogP contribution in [0.25, 0.3) is 0 Å². The van der Waals surface area contributed by atoms with Gasteiger partial charge in [0.1, 0.15) is 11.9 Å². The third-order valence-corrected chi connectivity index (χ3v) is 5.65. The third-order valence-electron chi connectivity index (χ3n) is 4.48. The lowest BCUT2D eigenvalue weighted by Crippen LogP contribution is -2.50. The Bertz CT molecular complexity index is 768. The molecule has 0 aromatic heterocycles. The normalized spacial score (nSPS) is 28.7. The van der Waals surface area contributed by atoms with Gasteiger partial charge in [-0.2, -0.15) is 0 Å². The second-order valence-corrected chi connectivity index (χ2v) is 8.08. The number of piperidine rings is 1. The maximum atomic E-state index is 12.7. The fourth-order valence-electron chi connectivity index (χ4n) is 3.11. The van der Waals surface area contributed by atoms with Crippen molar-refractivity contribution in [3.63, 3.8) is 0 Å². The molecular weight excluding hydrogens is 334 g/mol. The number of aliphatic carboxylic acids is 1. The molecule has 0 spiro atoms. The first-order valence-electron chi connectivity index (χ1n) is 7.80. The zero-order valence-corrected chi connectivity index (χ0v) is 14.1. The molecule has 1 N–H and O–H groups in total. The predicted octanol–water partition coefficient (Wildman–Crippen LogP) is 0.196. The van der Waals surface area contributed by atoms with Crippen LogP contribution in [0.5, 0.6) is 0 Å². The third kappa shape index (κ3) is 3.21. The highest BCUT2D eigenvalue weighted by molar-refractivity contribution is 7.90. The Labute approximate surface area is 140 Å². The molecule has 0 saturated carbocycles. The smallest absolute Gasteiger partial charge is 0.326 e. The number of amidine groups is 1. The van der Waals surface area contributed by atoms with Crippen molar-refractivity contribution in [3.05, 3.63) is 23.9 Å². The molecule has 0 bridgehead atoms. The summed E-state index contributed by atoms with van der Waals surface area (Å²) in [6.07, 6.45) is 5.72. The predicted molar refractivity (Wildman–Crippen MR) is 86.7 cm³/mol. The second-order valence-electron chi connectivity index (χ2n) is 6.33. The number of carbonyl (C=O) groups is 2. The van der Waals surface area contributed by atoms with Gasteiger partial charge in [-0.25, -0.2) is 13.2 Å². The van der Waals surface area contributed by atoms with Crippen LogP contribution in [0.15, 0.2) is 28.3 Å². The monoisotopic (exact) mass is 353 g/mol. The summed E-state index contributed by atoms with van der Waals surface area (Å²) < 4.78 is 26.7. The summed E-state index contributed by atoms with van der Waals surface area (Å²) in [6.45, 7) is 2.60. The van der Waals surface area contributed by atoms with Gasteiger partial charge in [0, 0.05) is 19.3 Å². The molecule has 130 valence electrons. The fraction of sp³-hybridized carbons (Fsp3) is 0.533. The number of sulfonamides is 1. The Morgan fingerprint density at radius 1 is 1.29 bits per heavy atom. The van der Waals surface area contributed by atoms with Crippen LogP contribution in [0.1, 0.15) is 19.8 Å². The topological polar surface area (TPSA) is 107 Å². The minimum absolute atomic E-state index is 0.110. The molecular formula is C15H19N3O5S. The maximum Gasteiger partial charge on any atom is 0.326 e. The van der Waals surface area contributed by atoms with Gasteiger partial charge < -0.3 is 14.9 Å². The van der Waals surface area contributed by atoms with E-state index in [0.717, 1.165) is 6.42 Å². The van der Waals surface area contributed by atoms with Crippen LogP contribution >= 0.6 is 0 Å². The number of nitrogens with zero attached hydrogens (tertiary/aromatic N) is 3. The van der Waals surface area contributed by atoms with Crippen LogP contribution in [-0.2, 0) is 19.6 Å². The van der Waals surface area contributed by atoms with E-state index in [1.54, 1.807) is 11.1 Å². The molecule has 3 rings (SSSR count). The number of amides is 1. The molecule has 1 amide bonds. The van der Waals surface area contributed by atoms with E-state index in [-0.39, 0.29) is 30.0 Å². The van der Waals surface area contributed by atoms with Crippen molar-refractivity contribution in [3.8, 4) is 0 Å². The van der Waals surface area contributed by atoms with Gasteiger partial charge in [-0.1, -0.05) is 6.92 Å². The standard InChI is InChI=1S/C15H19N3O5S/c1-10-4-5-18(12(8-10)15(20)21)14(19)11-2-3-13-16-24(22,23)7-6-17(13)9-11/h2-3,9-10,12H,4-8H2,1H3,(H,20,21). The zero-order valence-electron chi connectivity index (χ0n) is 13.3. The molecule has 3 heterocycles. The first-order chi connectivity index (χ1) is 11.3. The molecule has 2 atom stereocenters. The Balaban J connectivity index is 1.82. The highest BCUT2D eigenvalue weighted by atomic mass is 32.2. The number of rotatable bonds is 2. The van der Waals surface area contributed by atoms with Gasteiger partial charge in [-0.05, 0) is 30.9 Å². The summed E-state index contributed by atoms with van der Waals surface area (Å²) in [6, 6.07) is -0.827. The molecule has 0 aliphatic carbocycles. The van der Waals surface area contributed by atoms with E-state index in [1.807, 2.05) is 6.92 Å². The number of carbonyl (C=O) groups excluding carboxylic acids is 1. The average molecular weight is 353 g/mol. The van der Waals surface area contributed by atoms with Crippen molar-refractivity contribution in [2.24, 2.45) is 10.3 Å². The molecule has 0 radical (unpaired) electrons. The minimum atomic E-state index is -3.44. The molecule has 0 aromatic rings. The Kier molecular flexibility index (Phi) is 4.20. The molecule has 1 saturated heterocycles. The van der Waals surface area contributed by atoms with Crippen LogP contribution in [-0.4, -0.2) is 65.9 Å². The molecule has 9 heteroatoms. The maximum absolute atomic E-state index is 12.7. The van der Waals surface area contributed by atoms with Crippen LogP contribution in [0.3, 0.4) is 0 Å². The van der Waals surface area contributed by atoms with Gasteiger partial charge in [-0.15, -0.1) is 4.40 Å². The molecule has 3 aliphatic heterocycles. The highest BCUT2D eigenvalue weighted by Crippen LogP contribution is 2.26. The Morgan fingerprint density at radius 2 is 2.04 bits per heavy atom. The van der Waals surface area contributed by atoms with E-state index in [1.165, 1.54) is 17.1 Å². The lowest BCUT2D eigenvalue weighted by atomic mass is 9.91. The largest absolute Gasteiger partial charge is 0.480 e. The molecule has 1 fully saturated rings. The SMILES string of the molecule is CC1CCN(C(=O)C2=CN3CCS(=O)(=O)N=C3C=C2)C(C(=O)O)C1. The van der Waals surface area contributed by atoms with Gasteiger partial charge in [0.25, 0.3) is 15.9 Å². The van der Waals surface area contributed by atoms with Crippen LogP contribution in [0, 0.1) is 5.92 Å². The van der Waals surface area contributed by atoms with E-state index >= 15 is 0 Å². The van der Waals surface area contributed by atoms with Crippen LogP contribution < -0.4 is 0 Å². The summed E-state index contributed by atoms with van der Waals surface area (Å²) in [5, 5.41) is 9.39. The summed E-state index contributed by atoms with van der Waals surface area (Å²) in [4.78, 5) is 27.2. The van der Waals surface area contributed by atoms with Gasteiger partial charge >= 0.3 is 5.97 Å². The number of fused-ring (bicyclic) bond motifs is 1. The highest BCUT2D eigenvalue weighted by Gasteiger charge is 2.36. The summed E-state index contributed by atoms with van der Waals surface area (Å²) >= 11 is 0. The number of hydrogen-bond acceptors (Lipinski definition) is 5. The number of carboxylic acid groups (broad SMARTS) is 1. The van der Waals surface area contributed by atoms with E-state index in [4.69, 9.17) is 0 Å². The van der Waals surface area contributed by atoms with Crippen LogP contribution in [0.4, 0.5) is 0 Å². The first-order valence-corrected chi connectivity index (χ1v) is 9.41. The molecule has 2 unspecified atom stereocenters. The second kappa shape index (κ2) is 6.04. The zero-order chi connectivity index (χ0) is 17.5. The lowest BCUT2D eigenvalue weighted by Gasteiger charge is -2.37. The minimum Gasteiger partial charge on any atom is -0.480 e. The van der Waals surface area contributed by atoms with Crippen molar-refractivity contribution in [2.45, 2.75) is 25.8 Å².